The van der Waals surface area contributed by atoms with Crippen LogP contribution in [0.3, 0.4) is 0 Å². The molecule has 3 fully saturated rings. The number of carbonyl (C=O) groups is 9. The van der Waals surface area contributed by atoms with Crippen molar-refractivity contribution in [3.05, 3.63) is 30.3 Å². The molecule has 12 atom stereocenters. The summed E-state index contributed by atoms with van der Waals surface area (Å²) in [5, 5.41) is 40.4. The van der Waals surface area contributed by atoms with Gasteiger partial charge in [0.2, 0.25) is 16.7 Å². The maximum atomic E-state index is 14.1. The zero-order valence-electron chi connectivity index (χ0n) is 35.0. The maximum Gasteiger partial charge on any atom is 0.367 e. The van der Waals surface area contributed by atoms with Gasteiger partial charge in [-0.15, -0.1) is 0 Å². The third-order valence-electron chi connectivity index (χ3n) is 10.4. The fraction of sp³-hybridized carbons (Fsp3) is 0.615. The van der Waals surface area contributed by atoms with Crippen molar-refractivity contribution in [2.24, 2.45) is 0 Å². The minimum Gasteiger partial charge on any atom is -0.466 e. The smallest absolute Gasteiger partial charge is 0.367 e. The standard InChI is InChI=1S/C39H50N2O20S/c1-18(43)36(52)17-38(35(51)54-8,62-25-12-10-9-11-13-25)61-33(32(36)41-21(4)46)39(53,19(2)44)28-16-55-34(50)37(59-28)14-26(56-22(5)47)29(40-20(3)45)31(60-37)30(58-24(7)49)27(15-42)57-23(6)48/h9-13,26-33,42,52-53H,14-17H2,1-8H3,(H,40,45)(H,41,46)/t26-,27+,28+,29+,30+,31+,32-,33+,36+,37?,38-,39+/m0/s1. The van der Waals surface area contributed by atoms with Gasteiger partial charge < -0.3 is 63.8 Å². The lowest BCUT2D eigenvalue weighted by molar-refractivity contribution is -0.362. The molecule has 3 heterocycles. The highest BCUT2D eigenvalue weighted by molar-refractivity contribution is 8.01. The second kappa shape index (κ2) is 19.6. The number of hydrogen-bond donors (Lipinski definition) is 5. The van der Waals surface area contributed by atoms with Gasteiger partial charge in [-0.2, -0.15) is 0 Å². The lowest BCUT2D eigenvalue weighted by Crippen LogP contribution is -2.79. The highest BCUT2D eigenvalue weighted by Gasteiger charge is 2.71. The molecule has 23 heteroatoms. The monoisotopic (exact) mass is 898 g/mol. The van der Waals surface area contributed by atoms with Crippen LogP contribution in [0.15, 0.2) is 35.2 Å². The SMILES string of the molecule is COC(=O)[C@@]1(Sc2ccccc2)C[C@@](O)(C(C)=O)[C@@H](NC(C)=O)[C@H]([C@@](O)(C(C)=O)[C@H]2COC(=O)C3(C[C@H](OC(C)=O)[C@@H](NC(C)=O)[C@H]([C@H](OC(C)=O)[C@@H](CO)OC(C)=O)O3)O2)O1. The van der Waals surface area contributed by atoms with Crippen molar-refractivity contribution in [1.82, 2.24) is 10.6 Å². The van der Waals surface area contributed by atoms with Crippen LogP contribution in [0.5, 0.6) is 0 Å². The van der Waals surface area contributed by atoms with E-state index in [4.69, 9.17) is 37.9 Å². The van der Waals surface area contributed by atoms with Gasteiger partial charge >= 0.3 is 29.8 Å². The minimum atomic E-state index is -3.26. The van der Waals surface area contributed by atoms with Gasteiger partial charge in [0, 0.05) is 45.9 Å². The average molecular weight is 899 g/mol. The van der Waals surface area contributed by atoms with Gasteiger partial charge in [-0.25, -0.2) is 9.59 Å². The number of thioether (sulfide) groups is 1. The quantitative estimate of drug-likeness (QED) is 0.0968. The number of ether oxygens (including phenoxy) is 8. The molecule has 62 heavy (non-hydrogen) atoms. The van der Waals surface area contributed by atoms with Crippen molar-refractivity contribution in [3.8, 4) is 0 Å². The average Bonchev–Trinajstić information content (AvgIpc) is 3.18. The molecule has 0 bridgehead atoms. The van der Waals surface area contributed by atoms with Crippen LogP contribution in [0.1, 0.15) is 61.3 Å². The molecule has 3 aliphatic rings. The van der Waals surface area contributed by atoms with Crippen LogP contribution < -0.4 is 10.6 Å². The van der Waals surface area contributed by atoms with E-state index in [-0.39, 0.29) is 0 Å². The number of aliphatic hydroxyl groups is 3. The predicted molar refractivity (Wildman–Crippen MR) is 205 cm³/mol. The lowest BCUT2D eigenvalue weighted by Gasteiger charge is -2.56. The highest BCUT2D eigenvalue weighted by Crippen LogP contribution is 2.51. The second-order valence-electron chi connectivity index (χ2n) is 14.9. The number of rotatable bonds is 15. The Kier molecular flexibility index (Phi) is 15.7. The number of aliphatic hydroxyl groups excluding tert-OH is 1. The largest absolute Gasteiger partial charge is 0.466 e. The van der Waals surface area contributed by atoms with E-state index in [1.54, 1.807) is 30.3 Å². The Hall–Kier alpha value is -5.04. The molecule has 1 spiro atoms. The van der Waals surface area contributed by atoms with E-state index in [1.807, 2.05) is 0 Å². The first-order valence-corrected chi connectivity index (χ1v) is 19.9. The van der Waals surface area contributed by atoms with Crippen LogP contribution in [0.2, 0.25) is 0 Å². The van der Waals surface area contributed by atoms with Crippen molar-refractivity contribution in [1.29, 1.82) is 0 Å². The molecule has 22 nitrogen and oxygen atoms in total. The van der Waals surface area contributed by atoms with Crippen LogP contribution in [0.25, 0.3) is 0 Å². The zero-order chi connectivity index (χ0) is 46.5. The molecule has 2 amide bonds. The first-order chi connectivity index (χ1) is 28.9. The molecule has 1 aromatic carbocycles. The Morgan fingerprint density at radius 1 is 0.887 bits per heavy atom. The second-order valence-corrected chi connectivity index (χ2v) is 16.3. The molecule has 1 aromatic rings. The van der Waals surface area contributed by atoms with Crippen molar-refractivity contribution in [2.75, 3.05) is 20.3 Å². The van der Waals surface area contributed by atoms with E-state index < -0.39 is 150 Å². The molecule has 1 unspecified atom stereocenters. The Morgan fingerprint density at radius 3 is 2.00 bits per heavy atom. The summed E-state index contributed by atoms with van der Waals surface area (Å²) in [4.78, 5) is 116. The van der Waals surface area contributed by atoms with Gasteiger partial charge in [0.15, 0.2) is 29.4 Å². The molecule has 5 N–H and O–H groups in total. The molecular formula is C39H50N2O20S. The number of amides is 2. The van der Waals surface area contributed by atoms with Crippen LogP contribution in [0.4, 0.5) is 0 Å². The third-order valence-corrected chi connectivity index (χ3v) is 11.6. The van der Waals surface area contributed by atoms with E-state index in [0.29, 0.717) is 16.7 Å². The minimum absolute atomic E-state index is 0.317. The van der Waals surface area contributed by atoms with Gasteiger partial charge in [-0.1, -0.05) is 30.0 Å². The first-order valence-electron chi connectivity index (χ1n) is 19.1. The molecule has 0 aromatic heterocycles. The van der Waals surface area contributed by atoms with Gasteiger partial charge in [0.25, 0.3) is 5.79 Å². The lowest BCUT2D eigenvalue weighted by atomic mass is 9.71. The normalized spacial score (nSPS) is 31.4. The van der Waals surface area contributed by atoms with Gasteiger partial charge in [-0.05, 0) is 26.0 Å². The molecule has 0 aliphatic carbocycles. The molecule has 0 radical (unpaired) electrons. The van der Waals surface area contributed by atoms with Crippen molar-refractivity contribution in [3.63, 3.8) is 0 Å². The van der Waals surface area contributed by atoms with Crippen LogP contribution in [0, 0.1) is 0 Å². The van der Waals surface area contributed by atoms with Gasteiger partial charge in [-0.3, -0.25) is 33.6 Å². The number of methoxy groups -OCH3 is 1. The fourth-order valence-electron chi connectivity index (χ4n) is 7.72. The summed E-state index contributed by atoms with van der Waals surface area (Å²) >= 11 is 0.638. The Labute approximate surface area is 358 Å². The number of carbonyl (C=O) groups excluding carboxylic acids is 9. The zero-order valence-corrected chi connectivity index (χ0v) is 35.8. The number of hydrogen-bond acceptors (Lipinski definition) is 21. The van der Waals surface area contributed by atoms with E-state index >= 15 is 0 Å². The predicted octanol–water partition coefficient (Wildman–Crippen LogP) is -1.70. The van der Waals surface area contributed by atoms with E-state index in [1.165, 1.54) is 0 Å². The summed E-state index contributed by atoms with van der Waals surface area (Å²) in [7, 11) is 0.974. The summed E-state index contributed by atoms with van der Waals surface area (Å²) in [6.07, 6.45) is -13.7. The maximum absolute atomic E-state index is 14.1. The topological polar surface area (TPSA) is 312 Å². The Bertz CT molecular complexity index is 1930. The summed E-state index contributed by atoms with van der Waals surface area (Å²) in [6, 6.07) is 4.30. The molecule has 3 aliphatic heterocycles. The van der Waals surface area contributed by atoms with Crippen molar-refractivity contribution in [2.45, 2.75) is 137 Å². The van der Waals surface area contributed by atoms with E-state index in [2.05, 4.69) is 10.6 Å². The third kappa shape index (κ3) is 10.2. The van der Waals surface area contributed by atoms with Gasteiger partial charge in [0.05, 0.1) is 32.2 Å². The highest BCUT2D eigenvalue weighted by atomic mass is 32.2. The van der Waals surface area contributed by atoms with Crippen molar-refractivity contribution >= 4 is 65.0 Å². The molecular weight excluding hydrogens is 848 g/mol. The summed E-state index contributed by atoms with van der Waals surface area (Å²) in [5.74, 6) is -12.6. The Morgan fingerprint density at radius 2 is 1.50 bits per heavy atom. The molecule has 3 saturated heterocycles. The summed E-state index contributed by atoms with van der Waals surface area (Å²) in [5.41, 5.74) is -6.07. The van der Waals surface area contributed by atoms with Crippen LogP contribution in [-0.4, -0.2) is 160 Å². The van der Waals surface area contributed by atoms with Crippen LogP contribution >= 0.6 is 11.8 Å². The van der Waals surface area contributed by atoms with E-state index in [9.17, 15) is 58.5 Å². The van der Waals surface area contributed by atoms with Crippen molar-refractivity contribution < 1.29 is 96.4 Å². The Balaban J connectivity index is 1.98. The summed E-state index contributed by atoms with van der Waals surface area (Å²) < 4.78 is 45.6. The fourth-order valence-corrected chi connectivity index (χ4v) is 9.00. The number of esters is 5. The number of benzene rings is 1. The first kappa shape index (κ1) is 49.6. The molecule has 0 saturated carbocycles. The van der Waals surface area contributed by atoms with Gasteiger partial charge in [0.1, 0.15) is 36.6 Å². The summed E-state index contributed by atoms with van der Waals surface area (Å²) in [6.45, 7) is 4.59. The van der Waals surface area contributed by atoms with E-state index in [0.717, 1.165) is 55.6 Å². The molecule has 342 valence electrons. The number of nitrogens with one attached hydrogen (secondary N) is 2. The number of Topliss-reactive ketones (excluding diaryl/α,β-unsaturated/α-hetero) is 2. The molecule has 4 rings (SSSR count). The van der Waals surface area contributed by atoms with Crippen LogP contribution in [-0.2, 0) is 81.0 Å². The number of ketones is 2. The number of cyclic esters (lactones) is 1.